The lowest BCUT2D eigenvalue weighted by atomic mass is 10.1. The molecule has 4 rings (SSSR count). The van der Waals surface area contributed by atoms with Gasteiger partial charge in [0.25, 0.3) is 11.8 Å². The molecule has 1 aromatic heterocycles. The first-order chi connectivity index (χ1) is 15.0. The average molecular weight is 439 g/mol. The van der Waals surface area contributed by atoms with Gasteiger partial charge in [0.15, 0.2) is 0 Å². The third-order valence-corrected chi connectivity index (χ3v) is 5.84. The van der Waals surface area contributed by atoms with Crippen LogP contribution in [0.1, 0.15) is 11.3 Å². The molecule has 0 aliphatic carbocycles. The molecule has 0 fully saturated rings. The minimum Gasteiger partial charge on any atom is -0.497 e. The summed E-state index contributed by atoms with van der Waals surface area (Å²) >= 11 is 1.19. The number of hydrogen-bond donors (Lipinski definition) is 0. The van der Waals surface area contributed by atoms with Gasteiger partial charge >= 0.3 is 0 Å². The number of carbonyl (C=O) groups excluding carboxylic acids is 2. The summed E-state index contributed by atoms with van der Waals surface area (Å²) in [6.45, 7) is 0. The van der Waals surface area contributed by atoms with E-state index in [4.69, 9.17) is 13.9 Å². The van der Waals surface area contributed by atoms with Crippen molar-refractivity contribution in [3.8, 4) is 11.5 Å². The molecule has 1 aliphatic rings. The van der Waals surface area contributed by atoms with Gasteiger partial charge in [-0.1, -0.05) is 12.1 Å². The molecule has 8 heteroatoms. The van der Waals surface area contributed by atoms with Crippen molar-refractivity contribution >= 4 is 34.8 Å². The number of thioether (sulfide) groups is 1. The highest BCUT2D eigenvalue weighted by Gasteiger charge is 2.41. The van der Waals surface area contributed by atoms with Crippen LogP contribution < -0.4 is 14.4 Å². The van der Waals surface area contributed by atoms with Crippen LogP contribution in [0.25, 0.3) is 5.57 Å². The van der Waals surface area contributed by atoms with Gasteiger partial charge in [-0.05, 0) is 42.0 Å². The molecule has 2 aromatic carbocycles. The number of hydrogen-bond acceptors (Lipinski definition) is 6. The van der Waals surface area contributed by atoms with E-state index in [1.54, 1.807) is 36.6 Å². The van der Waals surface area contributed by atoms with E-state index in [9.17, 15) is 14.0 Å². The SMILES string of the molecule is COc1ccc(N2C(=O)C(SCc3ccco3)=C(c3ccc(F)cc3)C2=O)c(OC)c1. The number of carbonyl (C=O) groups is 2. The fourth-order valence-corrected chi connectivity index (χ4v) is 4.26. The molecule has 2 amide bonds. The number of anilines is 1. The second kappa shape index (κ2) is 8.69. The van der Waals surface area contributed by atoms with E-state index in [1.165, 1.54) is 50.2 Å². The summed E-state index contributed by atoms with van der Waals surface area (Å²) in [6, 6.07) is 13.9. The van der Waals surface area contributed by atoms with E-state index in [2.05, 4.69) is 0 Å². The number of furan rings is 1. The zero-order chi connectivity index (χ0) is 22.0. The Balaban J connectivity index is 1.77. The lowest BCUT2D eigenvalue weighted by molar-refractivity contribution is -0.119. The quantitative estimate of drug-likeness (QED) is 0.499. The number of nitrogens with zero attached hydrogens (tertiary/aromatic N) is 1. The van der Waals surface area contributed by atoms with Gasteiger partial charge in [-0.15, -0.1) is 11.8 Å². The predicted molar refractivity (Wildman–Crippen MR) is 115 cm³/mol. The molecule has 0 N–H and O–H groups in total. The lowest BCUT2D eigenvalue weighted by Crippen LogP contribution is -2.31. The van der Waals surface area contributed by atoms with Gasteiger partial charge < -0.3 is 13.9 Å². The average Bonchev–Trinajstić information content (AvgIpc) is 3.38. The molecule has 31 heavy (non-hydrogen) atoms. The Morgan fingerprint density at radius 3 is 2.42 bits per heavy atom. The van der Waals surface area contributed by atoms with E-state index < -0.39 is 17.6 Å². The normalized spacial score (nSPS) is 13.8. The minimum absolute atomic E-state index is 0.208. The van der Waals surface area contributed by atoms with Gasteiger partial charge in [0, 0.05) is 6.07 Å². The molecule has 0 unspecified atom stereocenters. The van der Waals surface area contributed by atoms with E-state index in [1.807, 2.05) is 0 Å². The number of amides is 2. The first-order valence-corrected chi connectivity index (χ1v) is 10.3. The van der Waals surface area contributed by atoms with Crippen LogP contribution >= 0.6 is 11.8 Å². The molecule has 0 saturated heterocycles. The maximum Gasteiger partial charge on any atom is 0.272 e. The van der Waals surface area contributed by atoms with Gasteiger partial charge in [-0.2, -0.15) is 0 Å². The summed E-state index contributed by atoms with van der Waals surface area (Å²) < 4.78 is 29.4. The Morgan fingerprint density at radius 2 is 1.77 bits per heavy atom. The monoisotopic (exact) mass is 439 g/mol. The van der Waals surface area contributed by atoms with Crippen LogP contribution in [-0.2, 0) is 15.3 Å². The summed E-state index contributed by atoms with van der Waals surface area (Å²) in [5.74, 6) is 0.442. The fourth-order valence-electron chi connectivity index (χ4n) is 3.24. The first-order valence-electron chi connectivity index (χ1n) is 9.29. The molecule has 2 heterocycles. The van der Waals surface area contributed by atoms with Crippen molar-refractivity contribution in [1.29, 1.82) is 0 Å². The topological polar surface area (TPSA) is 69.0 Å². The third kappa shape index (κ3) is 3.94. The van der Waals surface area contributed by atoms with Crippen LogP contribution in [0.15, 0.2) is 70.2 Å². The number of rotatable bonds is 7. The molecular formula is C23H18FNO5S. The summed E-state index contributed by atoms with van der Waals surface area (Å²) in [5, 5.41) is 0. The van der Waals surface area contributed by atoms with Gasteiger partial charge in [-0.3, -0.25) is 9.59 Å². The first kappa shape index (κ1) is 20.7. The zero-order valence-electron chi connectivity index (χ0n) is 16.8. The van der Waals surface area contributed by atoms with Crippen LogP contribution in [0, 0.1) is 5.82 Å². The smallest absolute Gasteiger partial charge is 0.272 e. The highest BCUT2D eigenvalue weighted by atomic mass is 32.2. The summed E-state index contributed by atoms with van der Waals surface area (Å²) in [7, 11) is 2.96. The van der Waals surface area contributed by atoms with E-state index >= 15 is 0 Å². The van der Waals surface area contributed by atoms with Crippen molar-refractivity contribution in [3.05, 3.63) is 82.9 Å². The highest BCUT2D eigenvalue weighted by molar-refractivity contribution is 8.03. The van der Waals surface area contributed by atoms with Crippen LogP contribution in [0.4, 0.5) is 10.1 Å². The second-order valence-electron chi connectivity index (χ2n) is 6.56. The molecule has 158 valence electrons. The maximum absolute atomic E-state index is 13.5. The van der Waals surface area contributed by atoms with E-state index in [-0.39, 0.29) is 10.5 Å². The Bertz CT molecular complexity index is 1160. The maximum atomic E-state index is 13.5. The molecule has 3 aromatic rings. The standard InChI is InChI=1S/C23H18FNO5S/c1-28-16-9-10-18(19(12-16)29-2)25-22(26)20(14-5-7-15(24)8-6-14)21(23(25)27)31-13-17-4-3-11-30-17/h3-12H,13H2,1-2H3. The minimum atomic E-state index is -0.512. The van der Waals surface area contributed by atoms with Crippen molar-refractivity contribution in [2.75, 3.05) is 19.1 Å². The van der Waals surface area contributed by atoms with Crippen molar-refractivity contribution in [2.24, 2.45) is 0 Å². The van der Waals surface area contributed by atoms with Crippen molar-refractivity contribution < 1.29 is 27.9 Å². The summed E-state index contributed by atoms with van der Waals surface area (Å²) in [4.78, 5) is 28.1. The zero-order valence-corrected chi connectivity index (χ0v) is 17.6. The summed E-state index contributed by atoms with van der Waals surface area (Å²) in [6.07, 6.45) is 1.54. The number of halogens is 1. The molecule has 0 bridgehead atoms. The summed E-state index contributed by atoms with van der Waals surface area (Å²) in [5.41, 5.74) is 0.961. The number of ether oxygens (including phenoxy) is 2. The van der Waals surface area contributed by atoms with Crippen LogP contribution in [0.3, 0.4) is 0 Å². The van der Waals surface area contributed by atoms with Crippen LogP contribution in [0.2, 0.25) is 0 Å². The molecule has 6 nitrogen and oxygen atoms in total. The Morgan fingerprint density at radius 1 is 1.00 bits per heavy atom. The van der Waals surface area contributed by atoms with Crippen LogP contribution in [0.5, 0.6) is 11.5 Å². The van der Waals surface area contributed by atoms with Gasteiger partial charge in [-0.25, -0.2) is 9.29 Å². The van der Waals surface area contributed by atoms with E-state index in [0.717, 1.165) is 4.90 Å². The van der Waals surface area contributed by atoms with E-state index in [0.29, 0.717) is 34.3 Å². The fraction of sp³-hybridized carbons (Fsp3) is 0.130. The predicted octanol–water partition coefficient (Wildman–Crippen LogP) is 4.65. The van der Waals surface area contributed by atoms with Gasteiger partial charge in [0.05, 0.1) is 42.4 Å². The molecule has 0 spiro atoms. The number of benzene rings is 2. The molecule has 0 atom stereocenters. The Hall–Kier alpha value is -3.52. The number of imide groups is 1. The lowest BCUT2D eigenvalue weighted by Gasteiger charge is -2.19. The van der Waals surface area contributed by atoms with Crippen molar-refractivity contribution in [2.45, 2.75) is 5.75 Å². The van der Waals surface area contributed by atoms with Crippen LogP contribution in [-0.4, -0.2) is 26.0 Å². The van der Waals surface area contributed by atoms with Crippen molar-refractivity contribution in [3.63, 3.8) is 0 Å². The van der Waals surface area contributed by atoms with Gasteiger partial charge in [0.1, 0.15) is 23.1 Å². The van der Waals surface area contributed by atoms with Crippen molar-refractivity contribution in [1.82, 2.24) is 0 Å². The molecule has 0 radical (unpaired) electrons. The number of methoxy groups -OCH3 is 2. The van der Waals surface area contributed by atoms with Gasteiger partial charge in [0.2, 0.25) is 0 Å². The third-order valence-electron chi connectivity index (χ3n) is 4.74. The molecular weight excluding hydrogens is 421 g/mol. The highest BCUT2D eigenvalue weighted by Crippen LogP contribution is 2.43. The Kier molecular flexibility index (Phi) is 5.81. The Labute approximate surface area is 182 Å². The second-order valence-corrected chi connectivity index (χ2v) is 7.55. The molecule has 0 saturated carbocycles. The largest absolute Gasteiger partial charge is 0.497 e. The molecule has 1 aliphatic heterocycles.